The number of esters is 1. The zero-order valence-corrected chi connectivity index (χ0v) is 10.3. The zero-order valence-electron chi connectivity index (χ0n) is 10.3. The van der Waals surface area contributed by atoms with Crippen molar-refractivity contribution in [1.29, 1.82) is 0 Å². The normalized spacial score (nSPS) is 22.8. The Morgan fingerprint density at radius 3 is 2.65 bits per heavy atom. The average Bonchev–Trinajstić information content (AvgIpc) is 2.60. The van der Waals surface area contributed by atoms with Crippen molar-refractivity contribution >= 4 is 11.9 Å². The lowest BCUT2D eigenvalue weighted by atomic mass is 10.2. The molecule has 1 amide bonds. The first-order chi connectivity index (χ1) is 7.92. The highest BCUT2D eigenvalue weighted by atomic mass is 16.5. The highest BCUT2D eigenvalue weighted by Crippen LogP contribution is 2.27. The number of nitrogens with zero attached hydrogens (tertiary/aromatic N) is 1. The van der Waals surface area contributed by atoms with E-state index in [1.807, 2.05) is 0 Å². The largest absolute Gasteiger partial charge is 0.466 e. The number of methoxy groups -OCH3 is 1. The molecule has 1 heterocycles. The summed E-state index contributed by atoms with van der Waals surface area (Å²) in [6.45, 7) is 7.66. The third-order valence-corrected chi connectivity index (χ3v) is 2.59. The van der Waals surface area contributed by atoms with Crippen LogP contribution in [0, 0.1) is 0 Å². The molecule has 0 saturated carbocycles. The molecule has 1 atom stereocenters. The number of ether oxygens (including phenoxy) is 2. The minimum absolute atomic E-state index is 0.181. The van der Waals surface area contributed by atoms with Gasteiger partial charge in [-0.15, -0.1) is 6.58 Å². The number of carbonyl (C=O) groups excluding carboxylic acids is 2. The Morgan fingerprint density at radius 2 is 2.12 bits per heavy atom. The summed E-state index contributed by atoms with van der Waals surface area (Å²) in [5.41, 5.74) is -0.698. The maximum atomic E-state index is 12.0. The van der Waals surface area contributed by atoms with E-state index in [-0.39, 0.29) is 11.9 Å². The van der Waals surface area contributed by atoms with Crippen LogP contribution >= 0.6 is 0 Å². The third kappa shape index (κ3) is 2.94. The fourth-order valence-corrected chi connectivity index (χ4v) is 1.72. The van der Waals surface area contributed by atoms with Crippen LogP contribution in [0.25, 0.3) is 0 Å². The summed E-state index contributed by atoms with van der Waals surface area (Å²) >= 11 is 0. The molecule has 0 aliphatic carbocycles. The van der Waals surface area contributed by atoms with Crippen LogP contribution in [0.5, 0.6) is 0 Å². The van der Waals surface area contributed by atoms with E-state index in [1.54, 1.807) is 24.8 Å². The minimum Gasteiger partial charge on any atom is -0.466 e. The Labute approximate surface area is 101 Å². The first kappa shape index (κ1) is 13.4. The van der Waals surface area contributed by atoms with Crippen molar-refractivity contribution in [2.24, 2.45) is 0 Å². The van der Waals surface area contributed by atoms with Crippen LogP contribution < -0.4 is 0 Å². The summed E-state index contributed by atoms with van der Waals surface area (Å²) in [7, 11) is 1.26. The zero-order chi connectivity index (χ0) is 13.1. The lowest BCUT2D eigenvalue weighted by Crippen LogP contribution is -2.46. The summed E-state index contributed by atoms with van der Waals surface area (Å²) in [5, 5.41) is 0. The van der Waals surface area contributed by atoms with Crippen LogP contribution in [0.15, 0.2) is 24.8 Å². The molecule has 0 aromatic carbocycles. The van der Waals surface area contributed by atoms with Gasteiger partial charge in [-0.2, -0.15) is 0 Å². The van der Waals surface area contributed by atoms with Gasteiger partial charge in [-0.3, -0.25) is 4.79 Å². The van der Waals surface area contributed by atoms with Crippen molar-refractivity contribution in [2.75, 3.05) is 13.7 Å². The molecule has 5 nitrogen and oxygen atoms in total. The van der Waals surface area contributed by atoms with Gasteiger partial charge in [0, 0.05) is 12.2 Å². The van der Waals surface area contributed by atoms with Gasteiger partial charge < -0.3 is 14.4 Å². The van der Waals surface area contributed by atoms with Gasteiger partial charge >= 0.3 is 5.97 Å². The molecule has 0 aromatic rings. The summed E-state index contributed by atoms with van der Waals surface area (Å²) in [4.78, 5) is 24.4. The molecule has 1 saturated heterocycles. The van der Waals surface area contributed by atoms with Gasteiger partial charge in [-0.1, -0.05) is 6.08 Å². The maximum absolute atomic E-state index is 12.0. The van der Waals surface area contributed by atoms with Gasteiger partial charge in [0.2, 0.25) is 5.91 Å². The molecule has 1 fully saturated rings. The lowest BCUT2D eigenvalue weighted by molar-refractivity contribution is -0.141. The summed E-state index contributed by atoms with van der Waals surface area (Å²) in [6.07, 6.45) is 3.92. The molecule has 0 unspecified atom stereocenters. The van der Waals surface area contributed by atoms with E-state index < -0.39 is 11.7 Å². The van der Waals surface area contributed by atoms with Crippen LogP contribution in [-0.2, 0) is 19.1 Å². The lowest BCUT2D eigenvalue weighted by Gasteiger charge is -2.31. The molecule has 1 aliphatic rings. The molecule has 5 heteroatoms. The predicted octanol–water partition coefficient (Wildman–Crippen LogP) is 0.865. The van der Waals surface area contributed by atoms with E-state index in [9.17, 15) is 9.59 Å². The molecule has 0 radical (unpaired) electrons. The van der Waals surface area contributed by atoms with Crippen LogP contribution in [0.4, 0.5) is 0 Å². The second-order valence-electron chi connectivity index (χ2n) is 4.13. The van der Waals surface area contributed by atoms with Gasteiger partial charge in [0.1, 0.15) is 5.72 Å². The fraction of sp³-hybridized carbons (Fsp3) is 0.500. The number of hydrogen-bond donors (Lipinski definition) is 0. The third-order valence-electron chi connectivity index (χ3n) is 2.59. The van der Waals surface area contributed by atoms with E-state index >= 15 is 0 Å². The van der Waals surface area contributed by atoms with Gasteiger partial charge in [0.05, 0.1) is 19.8 Å². The van der Waals surface area contributed by atoms with Crippen molar-refractivity contribution in [3.8, 4) is 0 Å². The monoisotopic (exact) mass is 239 g/mol. The van der Waals surface area contributed by atoms with Gasteiger partial charge in [0.15, 0.2) is 0 Å². The van der Waals surface area contributed by atoms with Crippen LogP contribution in [0.2, 0.25) is 0 Å². The Balaban J connectivity index is 2.82. The minimum atomic E-state index is -0.698. The molecule has 0 spiro atoms. The quantitative estimate of drug-likeness (QED) is 0.416. The van der Waals surface area contributed by atoms with Crippen molar-refractivity contribution in [3.63, 3.8) is 0 Å². The Bertz CT molecular complexity index is 360. The first-order valence-electron chi connectivity index (χ1n) is 5.28. The average molecular weight is 239 g/mol. The molecule has 94 valence electrons. The van der Waals surface area contributed by atoms with Crippen molar-refractivity contribution in [3.05, 3.63) is 24.8 Å². The number of rotatable bonds is 3. The number of hydrogen-bond acceptors (Lipinski definition) is 4. The van der Waals surface area contributed by atoms with Crippen LogP contribution in [0.1, 0.15) is 13.8 Å². The second-order valence-corrected chi connectivity index (χ2v) is 4.13. The summed E-state index contributed by atoms with van der Waals surface area (Å²) in [6, 6.07) is -0.181. The molecule has 17 heavy (non-hydrogen) atoms. The highest BCUT2D eigenvalue weighted by Gasteiger charge is 2.41. The van der Waals surface area contributed by atoms with E-state index in [0.29, 0.717) is 6.61 Å². The van der Waals surface area contributed by atoms with Gasteiger partial charge in [-0.05, 0) is 13.8 Å². The highest BCUT2D eigenvalue weighted by molar-refractivity contribution is 5.95. The topological polar surface area (TPSA) is 55.8 Å². The van der Waals surface area contributed by atoms with Crippen molar-refractivity contribution in [1.82, 2.24) is 4.90 Å². The molecule has 0 bridgehead atoms. The molecule has 1 aliphatic heterocycles. The van der Waals surface area contributed by atoms with E-state index in [2.05, 4.69) is 11.3 Å². The van der Waals surface area contributed by atoms with E-state index in [4.69, 9.17) is 4.74 Å². The number of amides is 1. The van der Waals surface area contributed by atoms with Crippen molar-refractivity contribution in [2.45, 2.75) is 25.6 Å². The Morgan fingerprint density at radius 1 is 1.47 bits per heavy atom. The predicted molar refractivity (Wildman–Crippen MR) is 62.0 cm³/mol. The number of carbonyl (C=O) groups is 2. The maximum Gasteiger partial charge on any atom is 0.330 e. The summed E-state index contributed by atoms with van der Waals surface area (Å²) < 4.78 is 9.91. The second kappa shape index (κ2) is 5.14. The fourth-order valence-electron chi connectivity index (χ4n) is 1.72. The molecular weight excluding hydrogens is 222 g/mol. The van der Waals surface area contributed by atoms with Crippen molar-refractivity contribution < 1.29 is 19.1 Å². The SMILES string of the molecule is C=C[C@H]1COC(C)(C)N1C(=O)/C=C\C(=O)OC. The van der Waals surface area contributed by atoms with E-state index in [0.717, 1.165) is 6.08 Å². The molecular formula is C12H17NO4. The summed E-state index contributed by atoms with van der Waals surface area (Å²) in [5.74, 6) is -0.866. The molecule has 0 aromatic heterocycles. The standard InChI is InChI=1S/C12H17NO4/c1-5-9-8-17-12(2,3)13(9)10(14)6-7-11(15)16-4/h5-7,9H,1,8H2,2-4H3/b7-6-/t9-/m0/s1. The Kier molecular flexibility index (Phi) is 4.07. The molecule has 0 N–H and O–H groups in total. The van der Waals surface area contributed by atoms with Gasteiger partial charge in [-0.25, -0.2) is 4.79 Å². The molecule has 1 rings (SSSR count). The Hall–Kier alpha value is -1.62. The smallest absolute Gasteiger partial charge is 0.330 e. The first-order valence-corrected chi connectivity index (χ1v) is 5.28. The van der Waals surface area contributed by atoms with Gasteiger partial charge in [0.25, 0.3) is 0 Å². The van der Waals surface area contributed by atoms with Crippen LogP contribution in [0.3, 0.4) is 0 Å². The van der Waals surface area contributed by atoms with Crippen LogP contribution in [-0.4, -0.2) is 42.3 Å². The van der Waals surface area contributed by atoms with E-state index in [1.165, 1.54) is 13.2 Å².